The summed E-state index contributed by atoms with van der Waals surface area (Å²) >= 11 is 0. The van der Waals surface area contributed by atoms with Gasteiger partial charge in [-0.3, -0.25) is 0 Å². The van der Waals surface area contributed by atoms with Gasteiger partial charge in [0.1, 0.15) is 12.9 Å². The molecular formula is C18H37NaO2. The second kappa shape index (κ2) is 22.9. The van der Waals surface area contributed by atoms with Gasteiger partial charge < -0.3 is 9.53 Å². The van der Waals surface area contributed by atoms with Crippen molar-refractivity contribution in [3.05, 3.63) is 0 Å². The first-order chi connectivity index (χ1) is 9.91. The van der Waals surface area contributed by atoms with Gasteiger partial charge in [-0.15, -0.1) is 0 Å². The summed E-state index contributed by atoms with van der Waals surface area (Å²) < 4.78 is 5.12. The second-order valence-corrected chi connectivity index (χ2v) is 5.84. The van der Waals surface area contributed by atoms with E-state index in [1.807, 2.05) is 0 Å². The zero-order chi connectivity index (χ0) is 14.7. The van der Waals surface area contributed by atoms with Crippen molar-refractivity contribution in [1.29, 1.82) is 0 Å². The average molecular weight is 308 g/mol. The molecule has 0 aromatic carbocycles. The number of aldehydes is 1. The molecule has 0 aromatic heterocycles. The van der Waals surface area contributed by atoms with Crippen molar-refractivity contribution < 1.29 is 9.53 Å². The van der Waals surface area contributed by atoms with Gasteiger partial charge in [0.15, 0.2) is 0 Å². The molecule has 0 atom stereocenters. The monoisotopic (exact) mass is 308 g/mol. The van der Waals surface area contributed by atoms with Gasteiger partial charge in [-0.2, -0.15) is 0 Å². The quantitative estimate of drug-likeness (QED) is 0.214. The Morgan fingerprint density at radius 1 is 0.667 bits per heavy atom. The van der Waals surface area contributed by atoms with Gasteiger partial charge in [-0.25, -0.2) is 0 Å². The van der Waals surface area contributed by atoms with Crippen molar-refractivity contribution in [2.45, 2.75) is 96.8 Å². The fraction of sp³-hybridized carbons (Fsp3) is 0.944. The van der Waals surface area contributed by atoms with E-state index in [2.05, 4.69) is 6.92 Å². The molecule has 0 aliphatic carbocycles. The molecule has 0 N–H and O–H groups in total. The fourth-order valence-corrected chi connectivity index (χ4v) is 2.53. The summed E-state index contributed by atoms with van der Waals surface area (Å²) in [6, 6.07) is 0. The van der Waals surface area contributed by atoms with Crippen molar-refractivity contribution in [2.75, 3.05) is 13.2 Å². The van der Waals surface area contributed by atoms with E-state index in [0.717, 1.165) is 19.3 Å². The van der Waals surface area contributed by atoms with Crippen LogP contribution in [0.15, 0.2) is 0 Å². The summed E-state index contributed by atoms with van der Waals surface area (Å²) in [5.41, 5.74) is 0. The maximum atomic E-state index is 10.0. The molecule has 2 nitrogen and oxygen atoms in total. The third kappa shape index (κ3) is 23.0. The van der Waals surface area contributed by atoms with E-state index in [4.69, 9.17) is 4.74 Å². The average Bonchev–Trinajstić information content (AvgIpc) is 2.47. The van der Waals surface area contributed by atoms with Crippen LogP contribution in [0.5, 0.6) is 0 Å². The van der Waals surface area contributed by atoms with E-state index < -0.39 is 0 Å². The normalized spacial score (nSPS) is 10.3. The molecule has 0 aliphatic heterocycles. The number of hydrogen-bond donors (Lipinski definition) is 0. The number of rotatable bonds is 17. The minimum atomic E-state index is 0. The van der Waals surface area contributed by atoms with Crippen molar-refractivity contribution in [2.24, 2.45) is 0 Å². The Morgan fingerprint density at radius 2 is 1.05 bits per heavy atom. The van der Waals surface area contributed by atoms with Crippen LogP contribution in [-0.4, -0.2) is 49.1 Å². The molecule has 0 rings (SSSR count). The van der Waals surface area contributed by atoms with Crippen LogP contribution in [0.1, 0.15) is 96.8 Å². The summed E-state index contributed by atoms with van der Waals surface area (Å²) in [4.78, 5) is 10.0. The first-order valence-electron chi connectivity index (χ1n) is 8.93. The number of unbranched alkanes of at least 4 members (excludes halogenated alkanes) is 13. The third-order valence-corrected chi connectivity index (χ3v) is 3.83. The standard InChI is InChI=1S/C18H36O2.Na.H/c1-2-3-4-5-6-7-8-9-10-11-12-13-14-15-17-20-18-16-19;;/h16H,2-15,17-18H2,1H3;;. The van der Waals surface area contributed by atoms with Crippen molar-refractivity contribution in [3.8, 4) is 0 Å². The predicted molar refractivity (Wildman–Crippen MR) is 94.3 cm³/mol. The molecule has 0 heterocycles. The Hall–Kier alpha value is 0.630. The Balaban J connectivity index is 0. The SMILES string of the molecule is CCCCCCCCCCCCCCCCOCC=O.[NaH]. The predicted octanol–water partition coefficient (Wildman–Crippen LogP) is 5.03. The van der Waals surface area contributed by atoms with E-state index in [-0.39, 0.29) is 36.2 Å². The molecule has 0 fully saturated rings. The van der Waals surface area contributed by atoms with Crippen LogP contribution >= 0.6 is 0 Å². The molecule has 0 radical (unpaired) electrons. The number of hydrogen-bond acceptors (Lipinski definition) is 2. The maximum absolute atomic E-state index is 10.0. The molecule has 21 heavy (non-hydrogen) atoms. The molecule has 0 saturated heterocycles. The minimum absolute atomic E-state index is 0. The molecule has 0 saturated carbocycles. The van der Waals surface area contributed by atoms with Gasteiger partial charge in [0.2, 0.25) is 0 Å². The van der Waals surface area contributed by atoms with E-state index >= 15 is 0 Å². The zero-order valence-corrected chi connectivity index (χ0v) is 13.7. The summed E-state index contributed by atoms with van der Waals surface area (Å²) in [7, 11) is 0. The van der Waals surface area contributed by atoms with Crippen LogP contribution in [0.25, 0.3) is 0 Å². The summed E-state index contributed by atoms with van der Waals surface area (Å²) in [6.45, 7) is 3.29. The van der Waals surface area contributed by atoms with E-state index in [0.29, 0.717) is 0 Å². The topological polar surface area (TPSA) is 26.3 Å². The molecule has 0 spiro atoms. The van der Waals surface area contributed by atoms with E-state index in [9.17, 15) is 4.79 Å². The first-order valence-corrected chi connectivity index (χ1v) is 8.93. The molecule has 0 amide bonds. The van der Waals surface area contributed by atoms with Crippen molar-refractivity contribution in [1.82, 2.24) is 0 Å². The number of ether oxygens (including phenoxy) is 1. The van der Waals surface area contributed by atoms with Crippen molar-refractivity contribution in [3.63, 3.8) is 0 Å². The first kappa shape index (κ1) is 23.9. The molecule has 0 unspecified atom stereocenters. The fourth-order valence-electron chi connectivity index (χ4n) is 2.53. The van der Waals surface area contributed by atoms with Gasteiger partial charge in [-0.05, 0) is 6.42 Å². The van der Waals surface area contributed by atoms with Gasteiger partial charge in [0.25, 0.3) is 0 Å². The molecule has 0 aromatic rings. The zero-order valence-electron chi connectivity index (χ0n) is 13.7. The van der Waals surface area contributed by atoms with Crippen LogP contribution in [0.4, 0.5) is 0 Å². The van der Waals surface area contributed by atoms with E-state index in [1.165, 1.54) is 83.5 Å². The summed E-state index contributed by atoms with van der Waals surface area (Å²) in [5, 5.41) is 0. The molecule has 0 bridgehead atoms. The van der Waals surface area contributed by atoms with Gasteiger partial charge in [0, 0.05) is 6.61 Å². The van der Waals surface area contributed by atoms with Gasteiger partial charge >= 0.3 is 29.6 Å². The number of carbonyl (C=O) groups excluding carboxylic acids is 1. The van der Waals surface area contributed by atoms with Gasteiger partial charge in [0.05, 0.1) is 0 Å². The Bertz CT molecular complexity index is 186. The molecule has 3 heteroatoms. The summed E-state index contributed by atoms with van der Waals surface area (Å²) in [5.74, 6) is 0. The number of carbonyl (C=O) groups is 1. The summed E-state index contributed by atoms with van der Waals surface area (Å²) in [6.07, 6.45) is 20.1. The second-order valence-electron chi connectivity index (χ2n) is 5.84. The third-order valence-electron chi connectivity index (χ3n) is 3.83. The van der Waals surface area contributed by atoms with Crippen molar-refractivity contribution >= 4 is 35.8 Å². The van der Waals surface area contributed by atoms with Crippen LogP contribution in [0, 0.1) is 0 Å². The van der Waals surface area contributed by atoms with Crippen LogP contribution in [0.3, 0.4) is 0 Å². The Labute approximate surface area is 155 Å². The van der Waals surface area contributed by atoms with Crippen LogP contribution in [0.2, 0.25) is 0 Å². The van der Waals surface area contributed by atoms with Crippen LogP contribution < -0.4 is 0 Å². The van der Waals surface area contributed by atoms with Crippen LogP contribution in [-0.2, 0) is 9.53 Å². The Morgan fingerprint density at radius 3 is 1.43 bits per heavy atom. The van der Waals surface area contributed by atoms with Gasteiger partial charge in [-0.1, -0.05) is 90.4 Å². The Kier molecular flexibility index (Phi) is 26.1. The van der Waals surface area contributed by atoms with E-state index in [1.54, 1.807) is 0 Å². The molecule has 0 aliphatic rings. The molecular weight excluding hydrogens is 271 g/mol. The molecule has 122 valence electrons.